The van der Waals surface area contributed by atoms with Gasteiger partial charge in [-0.15, -0.1) is 0 Å². The Bertz CT molecular complexity index is 1100. The predicted octanol–water partition coefficient (Wildman–Crippen LogP) is 3.24. The molecule has 0 saturated carbocycles. The maximum Gasteiger partial charge on any atom is 0.310 e. The van der Waals surface area contributed by atoms with Crippen molar-refractivity contribution in [3.8, 4) is 0 Å². The Kier molecular flexibility index (Phi) is 4.52. The zero-order valence-corrected chi connectivity index (χ0v) is 15.7. The molecule has 3 aromatic rings. The first-order valence-corrected chi connectivity index (χ1v) is 10.4. The van der Waals surface area contributed by atoms with Crippen LogP contribution < -0.4 is 4.72 Å². The van der Waals surface area contributed by atoms with Crippen molar-refractivity contribution >= 4 is 27.3 Å². The number of carbonyl (C=O) groups excluding carboxylic acids is 1. The monoisotopic (exact) mass is 399 g/mol. The van der Waals surface area contributed by atoms with Gasteiger partial charge in [-0.2, -0.15) is 5.10 Å². The second-order valence-corrected chi connectivity index (χ2v) is 8.11. The molecule has 1 aromatic carbocycles. The summed E-state index contributed by atoms with van der Waals surface area (Å²) in [4.78, 5) is 12.8. The first-order chi connectivity index (χ1) is 13.4. The Morgan fingerprint density at radius 3 is 2.43 bits per heavy atom. The summed E-state index contributed by atoms with van der Waals surface area (Å²) in [6, 6.07) is 13.2. The van der Waals surface area contributed by atoms with Gasteiger partial charge in [-0.05, 0) is 42.0 Å². The first-order valence-electron chi connectivity index (χ1n) is 8.47. The van der Waals surface area contributed by atoms with Gasteiger partial charge in [0.2, 0.25) is 10.0 Å². The van der Waals surface area contributed by atoms with Crippen molar-refractivity contribution < 1.29 is 22.0 Å². The lowest BCUT2D eigenvalue weighted by molar-refractivity contribution is 0.0660. The Labute approximate surface area is 161 Å². The minimum absolute atomic E-state index is 0.189. The molecule has 1 aliphatic rings. The lowest BCUT2D eigenvalue weighted by Crippen LogP contribution is -2.26. The van der Waals surface area contributed by atoms with E-state index in [-0.39, 0.29) is 11.7 Å². The van der Waals surface area contributed by atoms with E-state index < -0.39 is 16.1 Å². The van der Waals surface area contributed by atoms with Gasteiger partial charge in [0.05, 0.1) is 24.5 Å². The summed E-state index contributed by atoms with van der Waals surface area (Å²) in [7, 11) is -3.35. The van der Waals surface area contributed by atoms with Gasteiger partial charge in [-0.1, -0.05) is 12.1 Å². The quantitative estimate of drug-likeness (QED) is 0.709. The lowest BCUT2D eigenvalue weighted by atomic mass is 10.0. The summed E-state index contributed by atoms with van der Waals surface area (Å²) in [6.45, 7) is 0. The summed E-state index contributed by atoms with van der Waals surface area (Å²) in [5, 5.41) is 5.85. The van der Waals surface area contributed by atoms with E-state index in [0.717, 1.165) is 11.8 Å². The van der Waals surface area contributed by atoms with Crippen LogP contribution in [-0.2, 0) is 10.0 Å². The summed E-state index contributed by atoms with van der Waals surface area (Å²) < 4.78 is 35.8. The van der Waals surface area contributed by atoms with Gasteiger partial charge < -0.3 is 8.83 Å². The van der Waals surface area contributed by atoms with Gasteiger partial charge in [0.1, 0.15) is 11.8 Å². The second-order valence-electron chi connectivity index (χ2n) is 6.36. The van der Waals surface area contributed by atoms with Crippen molar-refractivity contribution in [3.63, 3.8) is 0 Å². The first kappa shape index (κ1) is 18.1. The van der Waals surface area contributed by atoms with Crippen molar-refractivity contribution in [1.82, 2.24) is 5.01 Å². The van der Waals surface area contributed by atoms with E-state index in [4.69, 9.17) is 8.83 Å². The highest BCUT2D eigenvalue weighted by Crippen LogP contribution is 2.34. The number of nitrogens with one attached hydrogen (secondary N) is 1. The molecule has 4 rings (SSSR count). The van der Waals surface area contributed by atoms with Crippen molar-refractivity contribution in [2.24, 2.45) is 5.10 Å². The molecule has 144 valence electrons. The molecule has 0 fully saturated rings. The van der Waals surface area contributed by atoms with Crippen LogP contribution in [0.2, 0.25) is 0 Å². The number of amides is 1. The van der Waals surface area contributed by atoms with Crippen LogP contribution in [-0.4, -0.2) is 31.3 Å². The minimum Gasteiger partial charge on any atom is -0.467 e. The average molecular weight is 399 g/mol. The topological polar surface area (TPSA) is 105 Å². The minimum atomic E-state index is -3.35. The molecule has 0 radical (unpaired) electrons. The van der Waals surface area contributed by atoms with Crippen LogP contribution in [0.5, 0.6) is 0 Å². The van der Waals surface area contributed by atoms with Crippen molar-refractivity contribution in [2.75, 3.05) is 11.0 Å². The molecule has 0 spiro atoms. The third-order valence-electron chi connectivity index (χ3n) is 4.24. The molecule has 0 unspecified atom stereocenters. The van der Waals surface area contributed by atoms with Crippen LogP contribution >= 0.6 is 0 Å². The molecule has 8 nitrogen and oxygen atoms in total. The fourth-order valence-electron chi connectivity index (χ4n) is 3.03. The zero-order chi connectivity index (χ0) is 19.7. The van der Waals surface area contributed by atoms with Crippen LogP contribution in [0.15, 0.2) is 75.0 Å². The van der Waals surface area contributed by atoms with E-state index in [9.17, 15) is 13.2 Å². The fraction of sp³-hybridized carbons (Fsp3) is 0.158. The lowest BCUT2D eigenvalue weighted by Gasteiger charge is -2.18. The van der Waals surface area contributed by atoms with Gasteiger partial charge >= 0.3 is 5.91 Å². The summed E-state index contributed by atoms with van der Waals surface area (Å²) in [5.74, 6) is 0.444. The Hall–Kier alpha value is -3.33. The van der Waals surface area contributed by atoms with E-state index in [1.807, 2.05) is 0 Å². The van der Waals surface area contributed by atoms with Gasteiger partial charge in [-0.25, -0.2) is 13.4 Å². The highest BCUT2D eigenvalue weighted by molar-refractivity contribution is 7.92. The maximum absolute atomic E-state index is 12.8. The highest BCUT2D eigenvalue weighted by Gasteiger charge is 2.36. The highest BCUT2D eigenvalue weighted by atomic mass is 32.2. The molecule has 1 N–H and O–H groups in total. The molecular formula is C19H17N3O5S. The normalized spacial score (nSPS) is 16.8. The standard InChI is InChI=1S/C19H17N3O5S/c1-28(24,25)21-14-8-6-13(7-9-14)15-12-16(17-4-2-10-26-17)22(20-15)19(23)18-5-3-11-27-18/h2-11,16,21H,12H2,1H3/t16-/m1/s1. The number of hydrogen-bond donors (Lipinski definition) is 1. The molecule has 0 aliphatic carbocycles. The summed E-state index contributed by atoms with van der Waals surface area (Å²) >= 11 is 0. The van der Waals surface area contributed by atoms with Crippen LogP contribution in [0.25, 0.3) is 0 Å². The van der Waals surface area contributed by atoms with Crippen LogP contribution in [0.3, 0.4) is 0 Å². The number of anilines is 1. The van der Waals surface area contributed by atoms with E-state index in [1.165, 1.54) is 11.3 Å². The predicted molar refractivity (Wildman–Crippen MR) is 102 cm³/mol. The average Bonchev–Trinajstić information content (AvgIpc) is 3.40. The van der Waals surface area contributed by atoms with E-state index in [1.54, 1.807) is 54.8 Å². The van der Waals surface area contributed by atoms with E-state index >= 15 is 0 Å². The molecule has 9 heteroatoms. The van der Waals surface area contributed by atoms with Crippen molar-refractivity contribution in [2.45, 2.75) is 12.5 Å². The van der Waals surface area contributed by atoms with Crippen LogP contribution in [0.4, 0.5) is 5.69 Å². The SMILES string of the molecule is CS(=O)(=O)Nc1ccc(C2=NN(C(=O)c3ccco3)[C@@H](c3ccco3)C2)cc1. The number of benzene rings is 1. The number of nitrogens with zero attached hydrogens (tertiary/aromatic N) is 2. The number of sulfonamides is 1. The van der Waals surface area contributed by atoms with E-state index in [0.29, 0.717) is 23.6 Å². The molecular weight excluding hydrogens is 382 g/mol. The number of carbonyl (C=O) groups is 1. The van der Waals surface area contributed by atoms with E-state index in [2.05, 4.69) is 9.82 Å². The van der Waals surface area contributed by atoms with Crippen molar-refractivity contribution in [3.05, 3.63) is 78.1 Å². The number of hydrogen-bond acceptors (Lipinski definition) is 6. The van der Waals surface area contributed by atoms with Crippen molar-refractivity contribution in [1.29, 1.82) is 0 Å². The Balaban J connectivity index is 1.64. The smallest absolute Gasteiger partial charge is 0.310 e. The Morgan fingerprint density at radius 1 is 1.11 bits per heavy atom. The molecule has 28 heavy (non-hydrogen) atoms. The maximum atomic E-state index is 12.8. The third kappa shape index (κ3) is 3.70. The molecule has 1 aliphatic heterocycles. The molecule has 2 aromatic heterocycles. The number of rotatable bonds is 5. The van der Waals surface area contributed by atoms with Gasteiger partial charge in [-0.3, -0.25) is 9.52 Å². The largest absolute Gasteiger partial charge is 0.467 e. The fourth-order valence-corrected chi connectivity index (χ4v) is 3.60. The van der Waals surface area contributed by atoms with Gasteiger partial charge in [0, 0.05) is 12.1 Å². The summed E-state index contributed by atoms with van der Waals surface area (Å²) in [6.07, 6.45) is 4.53. The molecule has 0 bridgehead atoms. The molecule has 1 amide bonds. The van der Waals surface area contributed by atoms with Gasteiger partial charge in [0.25, 0.3) is 0 Å². The Morgan fingerprint density at radius 2 is 1.82 bits per heavy atom. The van der Waals surface area contributed by atoms with Gasteiger partial charge in [0.15, 0.2) is 5.76 Å². The van der Waals surface area contributed by atoms with Crippen LogP contribution in [0.1, 0.15) is 34.3 Å². The molecule has 0 saturated heterocycles. The third-order valence-corrected chi connectivity index (χ3v) is 4.85. The summed E-state index contributed by atoms with van der Waals surface area (Å²) in [5.41, 5.74) is 1.92. The molecule has 3 heterocycles. The number of hydrazone groups is 1. The van der Waals surface area contributed by atoms with Crippen LogP contribution in [0, 0.1) is 0 Å². The number of furan rings is 2. The zero-order valence-electron chi connectivity index (χ0n) is 14.9. The molecule has 1 atom stereocenters. The second kappa shape index (κ2) is 7.01.